The van der Waals surface area contributed by atoms with Gasteiger partial charge in [0.1, 0.15) is 11.4 Å². The molecule has 23 heavy (non-hydrogen) atoms. The molecule has 0 bridgehead atoms. The van der Waals surface area contributed by atoms with Crippen molar-refractivity contribution >= 4 is 5.69 Å². The first-order valence-electron chi connectivity index (χ1n) is 6.82. The summed E-state index contributed by atoms with van der Waals surface area (Å²) in [4.78, 5) is 8.14. The van der Waals surface area contributed by atoms with Gasteiger partial charge in [-0.15, -0.1) is 0 Å². The molecule has 0 saturated carbocycles. The molecule has 0 aliphatic rings. The number of ether oxygens (including phenoxy) is 1. The van der Waals surface area contributed by atoms with E-state index in [-0.39, 0.29) is 5.75 Å². The monoisotopic (exact) mass is 305 g/mol. The summed E-state index contributed by atoms with van der Waals surface area (Å²) < 4.78 is 19.4. The van der Waals surface area contributed by atoms with Gasteiger partial charge in [-0.3, -0.25) is 4.98 Å². The molecule has 2 aromatic heterocycles. The first-order chi connectivity index (χ1) is 11.2. The molecule has 112 valence electrons. The zero-order valence-electron chi connectivity index (χ0n) is 12.0. The standard InChI is InChI=1S/C18H12FN3O/c19-16-11-14(20)5-7-18(16)23-17-8-10-21-12-13(17)4-6-15-3-1-2-9-22-15/h1-3,5,7-12H,20H2. The molecule has 0 amide bonds. The SMILES string of the molecule is Nc1ccc(Oc2ccncc2C#Cc2ccccn2)c(F)c1. The number of halogens is 1. The number of rotatable bonds is 2. The third-order valence-corrected chi connectivity index (χ3v) is 2.95. The predicted molar refractivity (Wildman–Crippen MR) is 85.3 cm³/mol. The minimum Gasteiger partial charge on any atom is -0.453 e. The van der Waals surface area contributed by atoms with Crippen LogP contribution in [-0.4, -0.2) is 9.97 Å². The average molecular weight is 305 g/mol. The lowest BCUT2D eigenvalue weighted by atomic mass is 10.2. The molecule has 2 N–H and O–H groups in total. The van der Waals surface area contributed by atoms with E-state index in [1.807, 2.05) is 12.1 Å². The van der Waals surface area contributed by atoms with E-state index in [1.54, 1.807) is 36.8 Å². The van der Waals surface area contributed by atoms with E-state index in [0.29, 0.717) is 22.7 Å². The van der Waals surface area contributed by atoms with Gasteiger partial charge in [-0.05, 0) is 30.2 Å². The molecule has 3 aromatic rings. The second-order valence-corrected chi connectivity index (χ2v) is 4.63. The van der Waals surface area contributed by atoms with Crippen molar-refractivity contribution < 1.29 is 9.13 Å². The summed E-state index contributed by atoms with van der Waals surface area (Å²) in [6.07, 6.45) is 4.77. The molecule has 0 aliphatic heterocycles. The van der Waals surface area contributed by atoms with Gasteiger partial charge in [-0.1, -0.05) is 12.0 Å². The Morgan fingerprint density at radius 1 is 1.00 bits per heavy atom. The van der Waals surface area contributed by atoms with Crippen molar-refractivity contribution in [2.75, 3.05) is 5.73 Å². The maximum Gasteiger partial charge on any atom is 0.167 e. The molecule has 0 radical (unpaired) electrons. The number of hydrogen-bond acceptors (Lipinski definition) is 4. The van der Waals surface area contributed by atoms with Crippen molar-refractivity contribution in [3.05, 3.63) is 78.1 Å². The third-order valence-electron chi connectivity index (χ3n) is 2.95. The Hall–Kier alpha value is -3.39. The summed E-state index contributed by atoms with van der Waals surface area (Å²) in [5.74, 6) is 5.80. The van der Waals surface area contributed by atoms with E-state index in [2.05, 4.69) is 21.8 Å². The van der Waals surface area contributed by atoms with E-state index in [0.717, 1.165) is 0 Å². The quantitative estimate of drug-likeness (QED) is 0.582. The smallest absolute Gasteiger partial charge is 0.167 e. The number of nitrogens with two attached hydrogens (primary N) is 1. The molecule has 4 nitrogen and oxygen atoms in total. The Morgan fingerprint density at radius 3 is 2.70 bits per heavy atom. The van der Waals surface area contributed by atoms with E-state index >= 15 is 0 Å². The lowest BCUT2D eigenvalue weighted by Crippen LogP contribution is -1.94. The van der Waals surface area contributed by atoms with Crippen LogP contribution in [0.5, 0.6) is 11.5 Å². The topological polar surface area (TPSA) is 61.0 Å². The van der Waals surface area contributed by atoms with Crippen LogP contribution < -0.4 is 10.5 Å². The minimum absolute atomic E-state index is 0.0753. The summed E-state index contributed by atoms with van der Waals surface area (Å²) in [6.45, 7) is 0. The van der Waals surface area contributed by atoms with Crippen LogP contribution in [0, 0.1) is 17.7 Å². The van der Waals surface area contributed by atoms with Crippen LogP contribution in [0.3, 0.4) is 0 Å². The van der Waals surface area contributed by atoms with Crippen LogP contribution in [0.4, 0.5) is 10.1 Å². The minimum atomic E-state index is -0.537. The molecule has 3 rings (SSSR count). The molecular weight excluding hydrogens is 293 g/mol. The average Bonchev–Trinajstić information content (AvgIpc) is 2.57. The van der Waals surface area contributed by atoms with Crippen LogP contribution in [0.25, 0.3) is 0 Å². The fourth-order valence-electron chi connectivity index (χ4n) is 1.85. The Balaban J connectivity index is 1.91. The van der Waals surface area contributed by atoms with Gasteiger partial charge in [0.25, 0.3) is 0 Å². The Bertz CT molecular complexity index is 886. The first kappa shape index (κ1) is 14.5. The Labute approximate surface area is 132 Å². The fourth-order valence-corrected chi connectivity index (χ4v) is 1.85. The van der Waals surface area contributed by atoms with Gasteiger partial charge in [0.2, 0.25) is 0 Å². The summed E-state index contributed by atoms with van der Waals surface area (Å²) >= 11 is 0. The van der Waals surface area contributed by atoms with Crippen molar-refractivity contribution in [1.82, 2.24) is 9.97 Å². The number of hydrogen-bond donors (Lipinski definition) is 1. The highest BCUT2D eigenvalue weighted by molar-refractivity contribution is 5.50. The van der Waals surface area contributed by atoms with Crippen LogP contribution in [0.2, 0.25) is 0 Å². The Kier molecular flexibility index (Phi) is 4.16. The Morgan fingerprint density at radius 2 is 1.91 bits per heavy atom. The number of nitrogens with zero attached hydrogens (tertiary/aromatic N) is 2. The van der Waals surface area contributed by atoms with Gasteiger partial charge in [0.15, 0.2) is 11.6 Å². The van der Waals surface area contributed by atoms with Gasteiger partial charge >= 0.3 is 0 Å². The highest BCUT2D eigenvalue weighted by Crippen LogP contribution is 2.27. The third kappa shape index (κ3) is 3.63. The highest BCUT2D eigenvalue weighted by Gasteiger charge is 2.08. The molecule has 0 atom stereocenters. The predicted octanol–water partition coefficient (Wildman–Crippen LogP) is 3.39. The summed E-state index contributed by atoms with van der Waals surface area (Å²) in [6, 6.07) is 11.3. The van der Waals surface area contributed by atoms with E-state index in [4.69, 9.17) is 10.5 Å². The van der Waals surface area contributed by atoms with Crippen molar-refractivity contribution in [3.63, 3.8) is 0 Å². The number of pyridine rings is 2. The maximum atomic E-state index is 13.9. The van der Waals surface area contributed by atoms with Gasteiger partial charge < -0.3 is 10.5 Å². The number of nitrogen functional groups attached to an aromatic ring is 1. The van der Waals surface area contributed by atoms with Crippen LogP contribution in [0.15, 0.2) is 61.1 Å². The second kappa shape index (κ2) is 6.58. The lowest BCUT2D eigenvalue weighted by molar-refractivity contribution is 0.441. The molecule has 5 heteroatoms. The van der Waals surface area contributed by atoms with Crippen molar-refractivity contribution in [2.24, 2.45) is 0 Å². The van der Waals surface area contributed by atoms with Crippen molar-refractivity contribution in [2.45, 2.75) is 0 Å². The van der Waals surface area contributed by atoms with Crippen LogP contribution in [0.1, 0.15) is 11.3 Å². The largest absolute Gasteiger partial charge is 0.453 e. The normalized spacial score (nSPS) is 9.78. The van der Waals surface area contributed by atoms with Crippen molar-refractivity contribution in [3.8, 4) is 23.3 Å². The highest BCUT2D eigenvalue weighted by atomic mass is 19.1. The summed E-state index contributed by atoms with van der Waals surface area (Å²) in [7, 11) is 0. The molecule has 2 heterocycles. The van der Waals surface area contributed by atoms with Gasteiger partial charge in [-0.2, -0.15) is 0 Å². The molecule has 0 saturated heterocycles. The molecule has 0 fully saturated rings. The number of aromatic nitrogens is 2. The van der Waals surface area contributed by atoms with Gasteiger partial charge in [0.05, 0.1) is 5.56 Å². The van der Waals surface area contributed by atoms with Crippen molar-refractivity contribution in [1.29, 1.82) is 0 Å². The van der Waals surface area contributed by atoms with Crippen LogP contribution in [-0.2, 0) is 0 Å². The van der Waals surface area contributed by atoms with E-state index < -0.39 is 5.82 Å². The van der Waals surface area contributed by atoms with E-state index in [1.165, 1.54) is 12.1 Å². The summed E-state index contributed by atoms with van der Waals surface area (Å²) in [5, 5.41) is 0. The fraction of sp³-hybridized carbons (Fsp3) is 0. The number of benzene rings is 1. The van der Waals surface area contributed by atoms with E-state index in [9.17, 15) is 4.39 Å². The lowest BCUT2D eigenvalue weighted by Gasteiger charge is -2.08. The first-order valence-corrected chi connectivity index (χ1v) is 6.82. The molecule has 0 unspecified atom stereocenters. The zero-order chi connectivity index (χ0) is 16.1. The second-order valence-electron chi connectivity index (χ2n) is 4.63. The van der Waals surface area contributed by atoms with Gasteiger partial charge in [-0.25, -0.2) is 9.37 Å². The molecule has 0 aliphatic carbocycles. The molecule has 1 aromatic carbocycles. The molecular formula is C18H12FN3O. The molecule has 0 spiro atoms. The number of anilines is 1. The summed E-state index contributed by atoms with van der Waals surface area (Å²) in [5.41, 5.74) is 7.02. The van der Waals surface area contributed by atoms with Gasteiger partial charge in [0, 0.05) is 36.4 Å². The zero-order valence-corrected chi connectivity index (χ0v) is 12.0. The maximum absolute atomic E-state index is 13.9. The van der Waals surface area contributed by atoms with Crippen LogP contribution >= 0.6 is 0 Å².